The van der Waals surface area contributed by atoms with Crippen molar-refractivity contribution in [3.8, 4) is 0 Å². The molecule has 2 saturated heterocycles. The number of cyclic esters (lactones) is 1. The Kier molecular flexibility index (Phi) is 11.0. The first-order valence-electron chi connectivity index (χ1n) is 15.1. The van der Waals surface area contributed by atoms with E-state index >= 15 is 0 Å². The van der Waals surface area contributed by atoms with E-state index in [9.17, 15) is 23.5 Å². The summed E-state index contributed by atoms with van der Waals surface area (Å²) in [5.41, 5.74) is 1.88. The topological polar surface area (TPSA) is 82.5 Å². The molecule has 1 aromatic rings. The summed E-state index contributed by atoms with van der Waals surface area (Å²) in [7, 11) is 2.02. The largest absolute Gasteiger partial charge is 0.457 e. The Hall–Kier alpha value is -2.98. The number of carbonyl (C=O) groups is 2. The van der Waals surface area contributed by atoms with Crippen LogP contribution in [0.2, 0.25) is 0 Å². The molecule has 3 aliphatic heterocycles. The first kappa shape index (κ1) is 31.9. The molecule has 232 valence electrons. The summed E-state index contributed by atoms with van der Waals surface area (Å²) in [6.45, 7) is 9.23. The third-order valence-corrected chi connectivity index (χ3v) is 8.50. The third kappa shape index (κ3) is 8.77. The van der Waals surface area contributed by atoms with Gasteiger partial charge >= 0.3 is 12.1 Å². The highest BCUT2D eigenvalue weighted by atomic mass is 19.1. The van der Waals surface area contributed by atoms with Crippen LogP contribution in [0.4, 0.5) is 19.3 Å². The molecule has 0 radical (unpaired) electrons. The van der Waals surface area contributed by atoms with E-state index in [-0.39, 0.29) is 30.9 Å². The molecule has 2 fully saturated rings. The molecule has 0 bridgehead atoms. The first-order chi connectivity index (χ1) is 20.0. The van der Waals surface area contributed by atoms with Crippen LogP contribution in [-0.4, -0.2) is 97.8 Å². The van der Waals surface area contributed by atoms with Crippen molar-refractivity contribution in [3.63, 3.8) is 0 Å². The molecule has 6 atom stereocenters. The second-order valence-electron chi connectivity index (χ2n) is 12.2. The van der Waals surface area contributed by atoms with Gasteiger partial charge in [-0.15, -0.1) is 0 Å². The van der Waals surface area contributed by atoms with Crippen LogP contribution in [0.15, 0.2) is 35.9 Å². The van der Waals surface area contributed by atoms with Gasteiger partial charge < -0.3 is 29.3 Å². The zero-order valence-corrected chi connectivity index (χ0v) is 25.2. The summed E-state index contributed by atoms with van der Waals surface area (Å²) in [4.78, 5) is 31.5. The fourth-order valence-electron chi connectivity index (χ4n) is 5.79. The number of nitrogens with zero attached hydrogens (tertiary/aromatic N) is 3. The van der Waals surface area contributed by atoms with E-state index in [2.05, 4.69) is 4.90 Å². The van der Waals surface area contributed by atoms with Gasteiger partial charge in [0.25, 0.3) is 0 Å². The summed E-state index contributed by atoms with van der Waals surface area (Å²) in [5.74, 6) is -1.33. The average molecular weight is 590 g/mol. The molecule has 42 heavy (non-hydrogen) atoms. The van der Waals surface area contributed by atoms with Gasteiger partial charge in [0.1, 0.15) is 24.2 Å². The third-order valence-electron chi connectivity index (χ3n) is 8.50. The molecule has 1 aromatic carbocycles. The zero-order valence-electron chi connectivity index (χ0n) is 25.2. The van der Waals surface area contributed by atoms with Gasteiger partial charge in [0, 0.05) is 50.9 Å². The predicted molar refractivity (Wildman–Crippen MR) is 158 cm³/mol. The van der Waals surface area contributed by atoms with Crippen LogP contribution in [-0.2, 0) is 14.3 Å². The van der Waals surface area contributed by atoms with Crippen molar-refractivity contribution in [1.82, 2.24) is 9.80 Å². The second kappa shape index (κ2) is 14.5. The van der Waals surface area contributed by atoms with Crippen LogP contribution in [0, 0.1) is 17.7 Å². The molecule has 3 aliphatic rings. The minimum atomic E-state index is -0.931. The van der Waals surface area contributed by atoms with Crippen LogP contribution in [0.3, 0.4) is 0 Å². The Morgan fingerprint density at radius 2 is 1.81 bits per heavy atom. The Morgan fingerprint density at radius 1 is 1.07 bits per heavy atom. The maximum Gasteiger partial charge on any atom is 0.410 e. The van der Waals surface area contributed by atoms with Gasteiger partial charge in [0.2, 0.25) is 0 Å². The van der Waals surface area contributed by atoms with Crippen molar-refractivity contribution in [2.24, 2.45) is 11.8 Å². The minimum Gasteiger partial charge on any atom is -0.457 e. The number of anilines is 1. The van der Waals surface area contributed by atoms with Crippen LogP contribution in [0.1, 0.15) is 52.0 Å². The molecule has 0 saturated carbocycles. The summed E-state index contributed by atoms with van der Waals surface area (Å²) in [5, 5.41) is 10.6. The molecular formula is C32H45F2N3O5. The number of benzene rings is 1. The average Bonchev–Trinajstić information content (AvgIpc) is 3.38. The van der Waals surface area contributed by atoms with Crippen LogP contribution in [0.25, 0.3) is 6.08 Å². The van der Waals surface area contributed by atoms with Crippen LogP contribution >= 0.6 is 0 Å². The summed E-state index contributed by atoms with van der Waals surface area (Å²) < 4.78 is 40.2. The summed E-state index contributed by atoms with van der Waals surface area (Å²) >= 11 is 0. The number of aliphatic hydroxyl groups excluding tert-OH is 1. The lowest BCUT2D eigenvalue weighted by molar-refractivity contribution is -0.151. The quantitative estimate of drug-likeness (QED) is 0.399. The highest BCUT2D eigenvalue weighted by molar-refractivity contribution is 5.71. The van der Waals surface area contributed by atoms with Gasteiger partial charge in [-0.3, -0.25) is 4.79 Å². The number of esters is 1. The Bertz CT molecular complexity index is 1150. The predicted octanol–water partition coefficient (Wildman–Crippen LogP) is 4.81. The Balaban J connectivity index is 1.56. The van der Waals surface area contributed by atoms with Gasteiger partial charge in [-0.25, -0.2) is 13.6 Å². The van der Waals surface area contributed by atoms with E-state index in [0.717, 1.165) is 13.1 Å². The van der Waals surface area contributed by atoms with E-state index in [1.807, 2.05) is 50.9 Å². The van der Waals surface area contributed by atoms with Gasteiger partial charge in [0.15, 0.2) is 0 Å². The first-order valence-corrected chi connectivity index (χ1v) is 15.1. The van der Waals surface area contributed by atoms with Crippen molar-refractivity contribution in [2.45, 2.75) is 70.9 Å². The van der Waals surface area contributed by atoms with Crippen LogP contribution < -0.4 is 4.90 Å². The molecule has 0 spiro atoms. The standard InChI is InChI=1S/C32H45F2N3O5/c1-21-5-7-28(38)19-30(39)42-31(22(2)6-8-29(21)41-32(40)36-13-11-35(4)12-14-36)23(3)15-24-16-26(34)18-27(17-24)37-10-9-25(33)20-37/h6,8,15-18,21-22,25,28-29,31,38H,5,7,9-14,19-20H2,1-4H3/b8-6+,23-15+/t21-,22-,25+,28+,29-,31-/m0/s1. The number of aliphatic hydroxyl groups is 1. The van der Waals surface area contributed by atoms with Crippen molar-refractivity contribution in [1.29, 1.82) is 0 Å². The van der Waals surface area contributed by atoms with E-state index < -0.39 is 36.3 Å². The zero-order chi connectivity index (χ0) is 30.4. The highest BCUT2D eigenvalue weighted by Crippen LogP contribution is 2.28. The number of ether oxygens (including phenoxy) is 2. The van der Waals surface area contributed by atoms with Crippen molar-refractivity contribution < 1.29 is 33.0 Å². The van der Waals surface area contributed by atoms with Crippen molar-refractivity contribution in [2.75, 3.05) is 51.2 Å². The number of likely N-dealkylation sites (N-methyl/N-ethyl adjacent to an activating group) is 1. The van der Waals surface area contributed by atoms with Gasteiger partial charge in [0.05, 0.1) is 12.5 Å². The van der Waals surface area contributed by atoms with E-state index in [4.69, 9.17) is 9.47 Å². The fourth-order valence-corrected chi connectivity index (χ4v) is 5.79. The van der Waals surface area contributed by atoms with Crippen LogP contribution in [0.5, 0.6) is 0 Å². The lowest BCUT2D eigenvalue weighted by Gasteiger charge is -2.33. The minimum absolute atomic E-state index is 0.0785. The number of carbonyl (C=O) groups excluding carboxylic acids is 2. The molecule has 1 N–H and O–H groups in total. The maximum absolute atomic E-state index is 14.6. The molecule has 10 heteroatoms. The highest BCUT2D eigenvalue weighted by Gasteiger charge is 2.29. The van der Waals surface area contributed by atoms with Crippen molar-refractivity contribution in [3.05, 3.63) is 47.3 Å². The monoisotopic (exact) mass is 589 g/mol. The number of rotatable bonds is 4. The van der Waals surface area contributed by atoms with Crippen molar-refractivity contribution >= 4 is 23.8 Å². The van der Waals surface area contributed by atoms with E-state index in [0.29, 0.717) is 55.7 Å². The second-order valence-corrected chi connectivity index (χ2v) is 12.2. The lowest BCUT2D eigenvalue weighted by Crippen LogP contribution is -2.48. The van der Waals surface area contributed by atoms with Gasteiger partial charge in [-0.1, -0.05) is 26.0 Å². The molecule has 0 aliphatic carbocycles. The number of amides is 1. The molecule has 4 rings (SSSR count). The van der Waals surface area contributed by atoms with Gasteiger partial charge in [-0.2, -0.15) is 0 Å². The Morgan fingerprint density at radius 3 is 2.50 bits per heavy atom. The molecular weight excluding hydrogens is 544 g/mol. The summed E-state index contributed by atoms with van der Waals surface area (Å²) in [6.07, 6.45) is 3.33. The normalized spacial score (nSPS) is 31.2. The molecule has 3 heterocycles. The molecule has 0 unspecified atom stereocenters. The fraction of sp³-hybridized carbons (Fsp3) is 0.625. The SMILES string of the molecule is C/C(=C\c1cc(F)cc(N2CC[C@@H](F)C2)c1)[C@H]1OC(=O)C[C@H](O)CC[C@H](C)[C@@H](OC(=O)N2CCN(C)CC2)/C=C/[C@@H]1C. The Labute approximate surface area is 247 Å². The number of alkyl halides is 1. The number of halogens is 2. The molecule has 1 amide bonds. The number of hydrogen-bond donors (Lipinski definition) is 1. The van der Waals surface area contributed by atoms with E-state index in [1.165, 1.54) is 12.1 Å². The molecule has 8 nitrogen and oxygen atoms in total. The number of piperazine rings is 1. The van der Waals surface area contributed by atoms with Gasteiger partial charge in [-0.05, 0) is 74.6 Å². The maximum atomic E-state index is 14.6. The smallest absolute Gasteiger partial charge is 0.410 e. The lowest BCUT2D eigenvalue weighted by atomic mass is 9.91. The molecule has 0 aromatic heterocycles. The summed E-state index contributed by atoms with van der Waals surface area (Å²) in [6, 6.07) is 4.60. The number of hydrogen-bond acceptors (Lipinski definition) is 7. The van der Waals surface area contributed by atoms with E-state index in [1.54, 1.807) is 11.0 Å².